The molecule has 0 amide bonds. The van der Waals surface area contributed by atoms with Gasteiger partial charge in [0.05, 0.1) is 0 Å². The van der Waals surface area contributed by atoms with Gasteiger partial charge in [0.2, 0.25) is 0 Å². The van der Waals surface area contributed by atoms with Crippen LogP contribution in [0.2, 0.25) is 0 Å². The number of allylic oxidation sites excluding steroid dienone is 1. The maximum atomic E-state index is 10.8. The van der Waals surface area contributed by atoms with Crippen molar-refractivity contribution >= 4 is 11.8 Å². The number of carboxylic acids is 1. The minimum atomic E-state index is -1.08. The first-order valence-corrected chi connectivity index (χ1v) is 4.53. The summed E-state index contributed by atoms with van der Waals surface area (Å²) >= 11 is 0. The van der Waals surface area contributed by atoms with Crippen LogP contribution in [0.25, 0.3) is 0 Å². The van der Waals surface area contributed by atoms with Gasteiger partial charge in [-0.15, -0.1) is 0 Å². The number of aromatic carboxylic acids is 1. The van der Waals surface area contributed by atoms with Gasteiger partial charge in [0.25, 0.3) is 0 Å². The zero-order valence-electron chi connectivity index (χ0n) is 8.69. The highest BCUT2D eigenvalue weighted by atomic mass is 16.4. The Kier molecular flexibility index (Phi) is 3.79. The van der Waals surface area contributed by atoms with Crippen LogP contribution in [0, 0.1) is 0 Å². The van der Waals surface area contributed by atoms with Gasteiger partial charge < -0.3 is 10.4 Å². The summed E-state index contributed by atoms with van der Waals surface area (Å²) in [5.41, 5.74) is 1.10. The molecule has 0 aliphatic heterocycles. The smallest absolute Gasteiger partial charge is 0.358 e. The van der Waals surface area contributed by atoms with Crippen molar-refractivity contribution in [1.29, 1.82) is 0 Å². The van der Waals surface area contributed by atoms with Crippen molar-refractivity contribution in [3.63, 3.8) is 0 Å². The molecule has 1 aromatic heterocycles. The lowest BCUT2D eigenvalue weighted by Crippen LogP contribution is -2.10. The van der Waals surface area contributed by atoms with E-state index in [2.05, 4.69) is 15.3 Å². The van der Waals surface area contributed by atoms with Crippen molar-refractivity contribution in [2.75, 3.05) is 11.9 Å². The molecule has 0 saturated carbocycles. The second-order valence-corrected chi connectivity index (χ2v) is 3.22. The third-order valence-corrected chi connectivity index (χ3v) is 1.68. The number of anilines is 1. The Morgan fingerprint density at radius 1 is 1.47 bits per heavy atom. The van der Waals surface area contributed by atoms with E-state index >= 15 is 0 Å². The molecule has 5 heteroatoms. The predicted octanol–water partition coefficient (Wildman–Crippen LogP) is 1.55. The molecule has 0 radical (unpaired) electrons. The SMILES string of the molecule is CC(C)=CCNc1nccnc1C(=O)O. The average Bonchev–Trinajstić information content (AvgIpc) is 2.17. The third kappa shape index (κ3) is 3.38. The summed E-state index contributed by atoms with van der Waals surface area (Å²) in [5.74, 6) is -0.787. The van der Waals surface area contributed by atoms with E-state index in [0.29, 0.717) is 12.4 Å². The fourth-order valence-corrected chi connectivity index (χ4v) is 0.976. The third-order valence-electron chi connectivity index (χ3n) is 1.68. The summed E-state index contributed by atoms with van der Waals surface area (Å²) in [6.45, 7) is 4.48. The fourth-order valence-electron chi connectivity index (χ4n) is 0.976. The van der Waals surface area contributed by atoms with Crippen molar-refractivity contribution in [3.05, 3.63) is 29.7 Å². The lowest BCUT2D eigenvalue weighted by atomic mass is 10.3. The average molecular weight is 207 g/mol. The minimum absolute atomic E-state index is 0.0559. The number of rotatable bonds is 4. The quantitative estimate of drug-likeness (QED) is 0.733. The summed E-state index contributed by atoms with van der Waals surface area (Å²) in [5, 5.41) is 11.7. The maximum Gasteiger partial charge on any atom is 0.358 e. The number of aromatic nitrogens is 2. The summed E-state index contributed by atoms with van der Waals surface area (Å²) in [6.07, 6.45) is 4.76. The number of hydrogen-bond donors (Lipinski definition) is 2. The molecule has 0 atom stereocenters. The number of nitrogens with one attached hydrogen (secondary N) is 1. The van der Waals surface area contributed by atoms with E-state index in [1.807, 2.05) is 19.9 Å². The molecule has 0 aliphatic carbocycles. The molecular formula is C10H13N3O2. The number of carbonyl (C=O) groups is 1. The number of carboxylic acid groups (broad SMARTS) is 1. The highest BCUT2D eigenvalue weighted by Gasteiger charge is 2.10. The van der Waals surface area contributed by atoms with Gasteiger partial charge in [-0.2, -0.15) is 0 Å². The van der Waals surface area contributed by atoms with Gasteiger partial charge in [-0.05, 0) is 13.8 Å². The Hall–Kier alpha value is -1.91. The van der Waals surface area contributed by atoms with Crippen molar-refractivity contribution < 1.29 is 9.90 Å². The monoisotopic (exact) mass is 207 g/mol. The van der Waals surface area contributed by atoms with Gasteiger partial charge in [0.15, 0.2) is 11.5 Å². The number of nitrogens with zero attached hydrogens (tertiary/aromatic N) is 2. The van der Waals surface area contributed by atoms with Crippen LogP contribution in [0.3, 0.4) is 0 Å². The standard InChI is InChI=1S/C10H13N3O2/c1-7(2)3-4-12-9-8(10(14)15)11-5-6-13-9/h3,5-6H,4H2,1-2H3,(H,12,13)(H,14,15). The van der Waals surface area contributed by atoms with Gasteiger partial charge >= 0.3 is 5.97 Å². The first-order chi connectivity index (χ1) is 7.11. The van der Waals surface area contributed by atoms with E-state index < -0.39 is 5.97 Å². The molecule has 0 unspecified atom stereocenters. The van der Waals surface area contributed by atoms with Crippen molar-refractivity contribution in [1.82, 2.24) is 9.97 Å². The Labute approximate surface area is 87.9 Å². The van der Waals surface area contributed by atoms with E-state index in [1.165, 1.54) is 12.4 Å². The Morgan fingerprint density at radius 3 is 2.73 bits per heavy atom. The highest BCUT2D eigenvalue weighted by molar-refractivity contribution is 5.90. The molecule has 1 aromatic rings. The molecule has 0 saturated heterocycles. The zero-order valence-corrected chi connectivity index (χ0v) is 8.69. The van der Waals surface area contributed by atoms with E-state index in [1.54, 1.807) is 0 Å². The van der Waals surface area contributed by atoms with E-state index in [9.17, 15) is 4.79 Å². The Morgan fingerprint density at radius 2 is 2.13 bits per heavy atom. The van der Waals surface area contributed by atoms with E-state index in [-0.39, 0.29) is 5.69 Å². The number of hydrogen-bond acceptors (Lipinski definition) is 4. The van der Waals surface area contributed by atoms with Crippen LogP contribution in [-0.4, -0.2) is 27.6 Å². The van der Waals surface area contributed by atoms with Crippen LogP contribution in [0.5, 0.6) is 0 Å². The van der Waals surface area contributed by atoms with Crippen LogP contribution in [0.1, 0.15) is 24.3 Å². The summed E-state index contributed by atoms with van der Waals surface area (Å²) in [7, 11) is 0. The van der Waals surface area contributed by atoms with Gasteiger partial charge in [-0.25, -0.2) is 14.8 Å². The fraction of sp³-hybridized carbons (Fsp3) is 0.300. The van der Waals surface area contributed by atoms with Crippen molar-refractivity contribution in [3.8, 4) is 0 Å². The molecule has 0 bridgehead atoms. The van der Waals surface area contributed by atoms with E-state index in [0.717, 1.165) is 5.57 Å². The lowest BCUT2D eigenvalue weighted by molar-refractivity contribution is 0.0691. The van der Waals surface area contributed by atoms with Crippen LogP contribution >= 0.6 is 0 Å². The molecule has 1 rings (SSSR count). The zero-order chi connectivity index (χ0) is 11.3. The lowest BCUT2D eigenvalue weighted by Gasteiger charge is -2.04. The molecule has 0 aromatic carbocycles. The molecule has 0 spiro atoms. The van der Waals surface area contributed by atoms with Crippen LogP contribution in [0.15, 0.2) is 24.0 Å². The first kappa shape index (κ1) is 11.2. The molecule has 0 aliphatic rings. The Balaban J connectivity index is 2.76. The van der Waals surface area contributed by atoms with Crippen LogP contribution < -0.4 is 5.32 Å². The van der Waals surface area contributed by atoms with Gasteiger partial charge in [0.1, 0.15) is 0 Å². The summed E-state index contributed by atoms with van der Waals surface area (Å²) in [6, 6.07) is 0. The predicted molar refractivity (Wildman–Crippen MR) is 56.9 cm³/mol. The van der Waals surface area contributed by atoms with Gasteiger partial charge in [-0.3, -0.25) is 0 Å². The normalized spacial score (nSPS) is 9.47. The van der Waals surface area contributed by atoms with Crippen LogP contribution in [0.4, 0.5) is 5.82 Å². The summed E-state index contributed by atoms with van der Waals surface area (Å²) < 4.78 is 0. The van der Waals surface area contributed by atoms with E-state index in [4.69, 9.17) is 5.11 Å². The topological polar surface area (TPSA) is 75.1 Å². The Bertz CT molecular complexity index is 384. The van der Waals surface area contributed by atoms with Crippen molar-refractivity contribution in [2.45, 2.75) is 13.8 Å². The molecule has 80 valence electrons. The maximum absolute atomic E-state index is 10.8. The second-order valence-electron chi connectivity index (χ2n) is 3.22. The molecule has 15 heavy (non-hydrogen) atoms. The van der Waals surface area contributed by atoms with Crippen LogP contribution in [-0.2, 0) is 0 Å². The molecular weight excluding hydrogens is 194 g/mol. The van der Waals surface area contributed by atoms with Gasteiger partial charge in [-0.1, -0.05) is 11.6 Å². The summed E-state index contributed by atoms with van der Waals surface area (Å²) in [4.78, 5) is 18.4. The molecule has 0 fully saturated rings. The van der Waals surface area contributed by atoms with Gasteiger partial charge in [0, 0.05) is 18.9 Å². The molecule has 1 heterocycles. The molecule has 2 N–H and O–H groups in total. The second kappa shape index (κ2) is 5.09. The van der Waals surface area contributed by atoms with Crippen molar-refractivity contribution in [2.24, 2.45) is 0 Å². The molecule has 5 nitrogen and oxygen atoms in total. The first-order valence-electron chi connectivity index (χ1n) is 4.53. The minimum Gasteiger partial charge on any atom is -0.476 e. The highest BCUT2D eigenvalue weighted by Crippen LogP contribution is 2.07. The largest absolute Gasteiger partial charge is 0.476 e.